The van der Waals surface area contributed by atoms with Gasteiger partial charge >= 0.3 is 0 Å². The van der Waals surface area contributed by atoms with Gasteiger partial charge in [0, 0.05) is 9.80 Å². The van der Waals surface area contributed by atoms with Crippen LogP contribution in [-0.4, -0.2) is 9.32 Å². The zero-order valence-electron chi connectivity index (χ0n) is 11.7. The maximum atomic E-state index is 12.5. The SMILES string of the molecule is C=C([S@](=O)c1ccc(C)cc1)[C@@](C)(O)c1ccccc1. The van der Waals surface area contributed by atoms with Crippen molar-refractivity contribution >= 4 is 10.8 Å². The van der Waals surface area contributed by atoms with E-state index in [0.717, 1.165) is 5.56 Å². The van der Waals surface area contributed by atoms with E-state index in [1.54, 1.807) is 31.2 Å². The number of hydrogen-bond donors (Lipinski definition) is 1. The van der Waals surface area contributed by atoms with Crippen molar-refractivity contribution in [2.45, 2.75) is 24.3 Å². The molecule has 0 saturated heterocycles. The van der Waals surface area contributed by atoms with Crippen molar-refractivity contribution in [3.8, 4) is 0 Å². The average molecular weight is 286 g/mol. The molecule has 2 rings (SSSR count). The Morgan fingerprint density at radius 2 is 1.65 bits per heavy atom. The first kappa shape index (κ1) is 14.7. The van der Waals surface area contributed by atoms with Gasteiger partial charge < -0.3 is 5.11 Å². The zero-order chi connectivity index (χ0) is 14.8. The second-order valence-corrected chi connectivity index (χ2v) is 6.44. The highest BCUT2D eigenvalue weighted by Gasteiger charge is 2.31. The predicted molar refractivity (Wildman–Crippen MR) is 82.7 cm³/mol. The number of aryl methyl sites for hydroxylation is 1. The Morgan fingerprint density at radius 1 is 1.10 bits per heavy atom. The van der Waals surface area contributed by atoms with Gasteiger partial charge in [0.05, 0.1) is 10.8 Å². The molecular formula is C17H18O2S. The van der Waals surface area contributed by atoms with Crippen molar-refractivity contribution in [3.63, 3.8) is 0 Å². The summed E-state index contributed by atoms with van der Waals surface area (Å²) in [5.74, 6) is 0. The number of hydrogen-bond acceptors (Lipinski definition) is 2. The van der Waals surface area contributed by atoms with Crippen molar-refractivity contribution in [1.82, 2.24) is 0 Å². The molecule has 2 aromatic carbocycles. The Morgan fingerprint density at radius 3 is 2.20 bits per heavy atom. The van der Waals surface area contributed by atoms with Gasteiger partial charge in [-0.1, -0.05) is 54.6 Å². The summed E-state index contributed by atoms with van der Waals surface area (Å²) in [6.45, 7) is 7.45. The first-order chi connectivity index (χ1) is 9.43. The van der Waals surface area contributed by atoms with Crippen LogP contribution in [0.25, 0.3) is 0 Å². The van der Waals surface area contributed by atoms with Gasteiger partial charge in [-0.25, -0.2) is 4.21 Å². The third-order valence-corrected chi connectivity index (χ3v) is 4.88. The molecule has 0 radical (unpaired) electrons. The standard InChI is InChI=1S/C17H18O2S/c1-13-9-11-16(12-10-13)20(19)14(2)17(3,18)15-7-5-4-6-8-15/h4-12,18H,2H2,1,3H3/t17-,20+/m1/s1. The van der Waals surface area contributed by atoms with Gasteiger partial charge in [0.15, 0.2) is 0 Å². The molecule has 0 fully saturated rings. The number of aliphatic hydroxyl groups is 1. The summed E-state index contributed by atoms with van der Waals surface area (Å²) >= 11 is 0. The molecule has 1 N–H and O–H groups in total. The van der Waals surface area contributed by atoms with Crippen LogP contribution in [0.2, 0.25) is 0 Å². The van der Waals surface area contributed by atoms with Gasteiger partial charge in [0.1, 0.15) is 5.60 Å². The molecule has 2 nitrogen and oxygen atoms in total. The Hall–Kier alpha value is -1.71. The van der Waals surface area contributed by atoms with Crippen molar-refractivity contribution in [2.75, 3.05) is 0 Å². The van der Waals surface area contributed by atoms with Crippen LogP contribution in [0.15, 0.2) is 71.0 Å². The van der Waals surface area contributed by atoms with Gasteiger partial charge in [-0.2, -0.15) is 0 Å². The van der Waals surface area contributed by atoms with Crippen molar-refractivity contribution in [1.29, 1.82) is 0 Å². The lowest BCUT2D eigenvalue weighted by atomic mass is 9.96. The zero-order valence-corrected chi connectivity index (χ0v) is 12.5. The third kappa shape index (κ3) is 2.89. The van der Waals surface area contributed by atoms with Crippen molar-refractivity contribution in [3.05, 3.63) is 77.2 Å². The molecule has 20 heavy (non-hydrogen) atoms. The second kappa shape index (κ2) is 5.73. The minimum atomic E-state index is -1.45. The summed E-state index contributed by atoms with van der Waals surface area (Å²) in [6, 6.07) is 16.6. The molecule has 0 saturated carbocycles. The first-order valence-electron chi connectivity index (χ1n) is 6.38. The summed E-state index contributed by atoms with van der Waals surface area (Å²) in [4.78, 5) is 0.935. The van der Waals surface area contributed by atoms with Gasteiger partial charge in [-0.3, -0.25) is 0 Å². The van der Waals surface area contributed by atoms with E-state index in [4.69, 9.17) is 0 Å². The molecule has 104 valence electrons. The topological polar surface area (TPSA) is 37.3 Å². The van der Waals surface area contributed by atoms with Crippen molar-refractivity contribution < 1.29 is 9.32 Å². The van der Waals surface area contributed by atoms with E-state index < -0.39 is 16.4 Å². The smallest absolute Gasteiger partial charge is 0.120 e. The van der Waals surface area contributed by atoms with E-state index in [1.165, 1.54) is 0 Å². The van der Waals surface area contributed by atoms with Crippen LogP contribution in [0.3, 0.4) is 0 Å². The van der Waals surface area contributed by atoms with Crippen LogP contribution in [0.5, 0.6) is 0 Å². The molecule has 2 atom stereocenters. The minimum Gasteiger partial charge on any atom is -0.380 e. The number of benzene rings is 2. The molecule has 0 aliphatic carbocycles. The van der Waals surface area contributed by atoms with Crippen molar-refractivity contribution in [2.24, 2.45) is 0 Å². The monoisotopic (exact) mass is 286 g/mol. The average Bonchev–Trinajstić information content (AvgIpc) is 2.47. The molecule has 0 aliphatic rings. The lowest BCUT2D eigenvalue weighted by Crippen LogP contribution is -2.26. The number of rotatable bonds is 4. The van der Waals surface area contributed by atoms with E-state index in [2.05, 4.69) is 6.58 Å². The fourth-order valence-corrected chi connectivity index (χ4v) is 3.05. The second-order valence-electron chi connectivity index (χ2n) is 4.94. The van der Waals surface area contributed by atoms with E-state index in [1.807, 2.05) is 37.3 Å². The van der Waals surface area contributed by atoms with Crippen LogP contribution in [0.1, 0.15) is 18.1 Å². The normalized spacial score (nSPS) is 15.3. The highest BCUT2D eigenvalue weighted by Crippen LogP contribution is 2.32. The van der Waals surface area contributed by atoms with E-state index in [9.17, 15) is 9.32 Å². The maximum absolute atomic E-state index is 12.5. The van der Waals surface area contributed by atoms with Crippen LogP contribution >= 0.6 is 0 Å². The lowest BCUT2D eigenvalue weighted by molar-refractivity contribution is 0.107. The molecule has 0 aliphatic heterocycles. The van der Waals surface area contributed by atoms with Crippen LogP contribution < -0.4 is 0 Å². The van der Waals surface area contributed by atoms with E-state index >= 15 is 0 Å². The molecule has 0 unspecified atom stereocenters. The van der Waals surface area contributed by atoms with Crippen LogP contribution in [0.4, 0.5) is 0 Å². The Labute approximate surface area is 122 Å². The largest absolute Gasteiger partial charge is 0.380 e. The molecule has 0 aromatic heterocycles. The summed E-state index contributed by atoms with van der Waals surface area (Å²) < 4.78 is 12.5. The first-order valence-corrected chi connectivity index (χ1v) is 7.53. The summed E-state index contributed by atoms with van der Waals surface area (Å²) in [6.07, 6.45) is 0. The molecule has 0 bridgehead atoms. The van der Waals surface area contributed by atoms with E-state index in [0.29, 0.717) is 10.5 Å². The summed E-state index contributed by atoms with van der Waals surface area (Å²) in [5.41, 5.74) is 0.466. The Kier molecular flexibility index (Phi) is 4.21. The molecule has 0 spiro atoms. The van der Waals surface area contributed by atoms with Crippen LogP contribution in [-0.2, 0) is 16.4 Å². The molecule has 0 heterocycles. The minimum absolute atomic E-state index is 0.285. The molecule has 3 heteroatoms. The third-order valence-electron chi connectivity index (χ3n) is 3.34. The predicted octanol–water partition coefficient (Wildman–Crippen LogP) is 3.52. The molecule has 0 amide bonds. The molecule has 2 aromatic rings. The highest BCUT2D eigenvalue weighted by molar-refractivity contribution is 7.89. The van der Waals surface area contributed by atoms with Gasteiger partial charge in [0.2, 0.25) is 0 Å². The maximum Gasteiger partial charge on any atom is 0.120 e. The lowest BCUT2D eigenvalue weighted by Gasteiger charge is -2.25. The summed E-state index contributed by atoms with van der Waals surface area (Å²) in [5, 5.41) is 10.6. The Balaban J connectivity index is 2.31. The van der Waals surface area contributed by atoms with Gasteiger partial charge in [-0.05, 0) is 31.5 Å². The highest BCUT2D eigenvalue weighted by atomic mass is 32.2. The van der Waals surface area contributed by atoms with Gasteiger partial charge in [0.25, 0.3) is 0 Å². The quantitative estimate of drug-likeness (QED) is 0.933. The van der Waals surface area contributed by atoms with Gasteiger partial charge in [-0.15, -0.1) is 0 Å². The summed E-state index contributed by atoms with van der Waals surface area (Å²) in [7, 11) is -1.45. The Bertz CT molecular complexity index is 628. The molecular weight excluding hydrogens is 268 g/mol. The fraction of sp³-hybridized carbons (Fsp3) is 0.176. The van der Waals surface area contributed by atoms with E-state index in [-0.39, 0.29) is 4.91 Å². The fourth-order valence-electron chi connectivity index (χ4n) is 1.91. The van der Waals surface area contributed by atoms with Crippen LogP contribution in [0, 0.1) is 6.92 Å².